The van der Waals surface area contributed by atoms with Gasteiger partial charge in [0.25, 0.3) is 17.8 Å². The van der Waals surface area contributed by atoms with Crippen LogP contribution in [0.1, 0.15) is 16.1 Å². The molecule has 1 unspecified atom stereocenters. The largest absolute Gasteiger partial charge is 0.457 e. The lowest BCUT2D eigenvalue weighted by Crippen LogP contribution is -2.35. The SMILES string of the molecule is Cc1cc(NC(=O)c2ccc(Oc3ccccc3)cc2)n(C2=NC(=O)C3C=NN(C)C3=N2)n1. The van der Waals surface area contributed by atoms with Crippen LogP contribution in [0.25, 0.3) is 0 Å². The van der Waals surface area contributed by atoms with Gasteiger partial charge in [-0.05, 0) is 43.3 Å². The Morgan fingerprint density at radius 3 is 2.52 bits per heavy atom. The molecule has 33 heavy (non-hydrogen) atoms. The molecule has 3 heterocycles. The number of hydrogen-bond acceptors (Lipinski definition) is 7. The van der Waals surface area contributed by atoms with Crippen LogP contribution < -0.4 is 10.1 Å². The molecule has 164 valence electrons. The number of aryl methyl sites for hydroxylation is 1. The Morgan fingerprint density at radius 2 is 1.76 bits per heavy atom. The van der Waals surface area contributed by atoms with E-state index in [0.717, 1.165) is 0 Å². The topological polar surface area (TPSA) is 114 Å². The minimum absolute atomic E-state index is 0.0682. The maximum atomic E-state index is 12.9. The maximum absolute atomic E-state index is 12.9. The van der Waals surface area contributed by atoms with Gasteiger partial charge in [0.05, 0.1) is 5.69 Å². The van der Waals surface area contributed by atoms with Crippen LogP contribution in [0.3, 0.4) is 0 Å². The number of amidine groups is 1. The summed E-state index contributed by atoms with van der Waals surface area (Å²) in [6.07, 6.45) is 1.50. The zero-order valence-corrected chi connectivity index (χ0v) is 17.8. The van der Waals surface area contributed by atoms with Gasteiger partial charge in [-0.1, -0.05) is 18.2 Å². The average Bonchev–Trinajstić information content (AvgIpc) is 3.37. The summed E-state index contributed by atoms with van der Waals surface area (Å²) in [5.74, 6) is 0.867. The third-order valence-corrected chi connectivity index (χ3v) is 5.05. The molecule has 10 nitrogen and oxygen atoms in total. The van der Waals surface area contributed by atoms with Gasteiger partial charge in [0.1, 0.15) is 29.1 Å². The monoisotopic (exact) mass is 441 g/mol. The number of nitrogens with one attached hydrogen (secondary N) is 1. The molecule has 2 amide bonds. The molecule has 2 aliphatic rings. The number of anilines is 1. The highest BCUT2D eigenvalue weighted by atomic mass is 16.5. The quantitative estimate of drug-likeness (QED) is 0.669. The Labute approximate surface area is 188 Å². The Kier molecular flexibility index (Phi) is 5.02. The fourth-order valence-electron chi connectivity index (χ4n) is 3.43. The van der Waals surface area contributed by atoms with Crippen molar-refractivity contribution < 1.29 is 14.3 Å². The predicted molar refractivity (Wildman–Crippen MR) is 123 cm³/mol. The number of nitrogens with zero attached hydrogens (tertiary/aromatic N) is 6. The van der Waals surface area contributed by atoms with Crippen molar-refractivity contribution in [3.8, 4) is 11.5 Å². The molecule has 0 fully saturated rings. The summed E-state index contributed by atoms with van der Waals surface area (Å²) in [5.41, 5.74) is 1.06. The fraction of sp³-hybridized carbons (Fsp3) is 0.130. The van der Waals surface area contributed by atoms with Crippen molar-refractivity contribution in [2.45, 2.75) is 6.92 Å². The molecule has 10 heteroatoms. The molecule has 0 aliphatic carbocycles. The molecule has 1 atom stereocenters. The van der Waals surface area contributed by atoms with Crippen molar-refractivity contribution in [3.63, 3.8) is 0 Å². The van der Waals surface area contributed by atoms with Crippen LogP contribution in [0.4, 0.5) is 5.82 Å². The number of fused-ring (bicyclic) bond motifs is 1. The number of aliphatic imine (C=N–C) groups is 2. The number of para-hydroxylation sites is 1. The zero-order valence-electron chi connectivity index (χ0n) is 17.8. The van der Waals surface area contributed by atoms with Crippen molar-refractivity contribution in [2.24, 2.45) is 21.0 Å². The smallest absolute Gasteiger partial charge is 0.265 e. The second-order valence-electron chi connectivity index (χ2n) is 7.46. The van der Waals surface area contributed by atoms with Gasteiger partial charge in [0.2, 0.25) is 0 Å². The van der Waals surface area contributed by atoms with Gasteiger partial charge in [-0.25, -0.2) is 0 Å². The van der Waals surface area contributed by atoms with Crippen molar-refractivity contribution in [3.05, 3.63) is 71.9 Å². The van der Waals surface area contributed by atoms with E-state index < -0.39 is 5.92 Å². The van der Waals surface area contributed by atoms with Crippen LogP contribution in [0, 0.1) is 12.8 Å². The molecule has 5 rings (SSSR count). The van der Waals surface area contributed by atoms with Crippen LogP contribution in [0.5, 0.6) is 11.5 Å². The van der Waals surface area contributed by atoms with Crippen LogP contribution in [0.15, 0.2) is 75.7 Å². The minimum Gasteiger partial charge on any atom is -0.457 e. The lowest BCUT2D eigenvalue weighted by molar-refractivity contribution is -0.118. The number of carbonyl (C=O) groups is 2. The number of rotatable bonds is 4. The van der Waals surface area contributed by atoms with Gasteiger partial charge in [-0.15, -0.1) is 0 Å². The summed E-state index contributed by atoms with van der Waals surface area (Å²) in [4.78, 5) is 33.7. The average molecular weight is 441 g/mol. The highest BCUT2D eigenvalue weighted by Crippen LogP contribution is 2.22. The number of carbonyl (C=O) groups excluding carboxylic acids is 2. The number of benzene rings is 2. The highest BCUT2D eigenvalue weighted by molar-refractivity contribution is 6.24. The van der Waals surface area contributed by atoms with E-state index in [0.29, 0.717) is 34.4 Å². The Bertz CT molecular complexity index is 1320. The lowest BCUT2D eigenvalue weighted by Gasteiger charge is -2.17. The van der Waals surface area contributed by atoms with E-state index in [-0.39, 0.29) is 17.8 Å². The lowest BCUT2D eigenvalue weighted by atomic mass is 10.1. The van der Waals surface area contributed by atoms with Crippen LogP contribution in [-0.4, -0.2) is 51.7 Å². The molecule has 0 bridgehead atoms. The normalized spacial score (nSPS) is 16.8. The molecule has 1 N–H and O–H groups in total. The van der Waals surface area contributed by atoms with Crippen LogP contribution >= 0.6 is 0 Å². The van der Waals surface area contributed by atoms with E-state index in [1.807, 2.05) is 30.3 Å². The Hall–Kier alpha value is -4.60. The van der Waals surface area contributed by atoms with Gasteiger partial charge in [0.15, 0.2) is 0 Å². The van der Waals surface area contributed by atoms with E-state index in [4.69, 9.17) is 4.74 Å². The first-order valence-electron chi connectivity index (χ1n) is 10.2. The molecule has 2 aliphatic heterocycles. The summed E-state index contributed by atoms with van der Waals surface area (Å²) in [6.45, 7) is 1.77. The van der Waals surface area contributed by atoms with E-state index >= 15 is 0 Å². The number of ether oxygens (including phenoxy) is 1. The standard InChI is InChI=1S/C23H19N7O3/c1-14-12-19(30(28-14)23-26-20-18(22(32)27-23)13-24-29(20)2)25-21(31)15-8-10-17(11-9-15)33-16-6-4-3-5-7-16/h3-13,18H,1-2H3,(H,25,31). The van der Waals surface area contributed by atoms with Crippen molar-refractivity contribution in [1.82, 2.24) is 14.8 Å². The minimum atomic E-state index is -0.593. The van der Waals surface area contributed by atoms with Crippen LogP contribution in [0.2, 0.25) is 0 Å². The second-order valence-corrected chi connectivity index (χ2v) is 7.46. The van der Waals surface area contributed by atoms with Crippen molar-refractivity contribution >= 4 is 35.6 Å². The number of hydrogen-bond donors (Lipinski definition) is 1. The van der Waals surface area contributed by atoms with E-state index in [1.54, 1.807) is 44.3 Å². The molecule has 2 aromatic carbocycles. The summed E-state index contributed by atoms with van der Waals surface area (Å²) in [6, 6.07) is 17.8. The number of aromatic nitrogens is 2. The summed E-state index contributed by atoms with van der Waals surface area (Å²) >= 11 is 0. The molecule has 0 spiro atoms. The fourth-order valence-corrected chi connectivity index (χ4v) is 3.43. The number of amides is 2. The predicted octanol–water partition coefficient (Wildman–Crippen LogP) is 2.93. The Balaban J connectivity index is 1.35. The molecular weight excluding hydrogens is 422 g/mol. The molecule has 3 aromatic rings. The van der Waals surface area contributed by atoms with Gasteiger partial charge in [-0.3, -0.25) is 14.6 Å². The van der Waals surface area contributed by atoms with Crippen molar-refractivity contribution in [2.75, 3.05) is 12.4 Å². The first-order chi connectivity index (χ1) is 16.0. The van der Waals surface area contributed by atoms with Crippen molar-refractivity contribution in [1.29, 1.82) is 0 Å². The molecule has 1 aromatic heterocycles. The maximum Gasteiger partial charge on any atom is 0.265 e. The second kappa shape index (κ2) is 8.15. The van der Waals surface area contributed by atoms with Gasteiger partial charge < -0.3 is 10.1 Å². The van der Waals surface area contributed by atoms with Gasteiger partial charge in [-0.2, -0.15) is 24.9 Å². The molecule has 0 saturated heterocycles. The van der Waals surface area contributed by atoms with Gasteiger partial charge in [0, 0.05) is 24.9 Å². The van der Waals surface area contributed by atoms with E-state index in [1.165, 1.54) is 15.9 Å². The third kappa shape index (κ3) is 4.01. The first kappa shape index (κ1) is 20.3. The number of hydrazone groups is 1. The summed E-state index contributed by atoms with van der Waals surface area (Å²) in [5, 5.41) is 12.8. The van der Waals surface area contributed by atoms with Gasteiger partial charge >= 0.3 is 0 Å². The molecule has 0 radical (unpaired) electrons. The highest BCUT2D eigenvalue weighted by Gasteiger charge is 2.35. The summed E-state index contributed by atoms with van der Waals surface area (Å²) in [7, 11) is 1.70. The molecular formula is C23H19N7O3. The summed E-state index contributed by atoms with van der Waals surface area (Å²) < 4.78 is 7.10. The van der Waals surface area contributed by atoms with E-state index in [2.05, 4.69) is 25.5 Å². The van der Waals surface area contributed by atoms with E-state index in [9.17, 15) is 9.59 Å². The molecule has 0 saturated carbocycles. The Morgan fingerprint density at radius 1 is 1.03 bits per heavy atom. The zero-order chi connectivity index (χ0) is 22.9. The van der Waals surface area contributed by atoms with Crippen LogP contribution in [-0.2, 0) is 4.79 Å². The third-order valence-electron chi connectivity index (χ3n) is 5.05. The first-order valence-corrected chi connectivity index (χ1v) is 10.2.